The zero-order valence-corrected chi connectivity index (χ0v) is 13.3. The average molecular weight is 371 g/mol. The molecule has 0 spiro atoms. The van der Waals surface area contributed by atoms with E-state index in [0.717, 1.165) is 6.07 Å². The van der Waals surface area contributed by atoms with Crippen LogP contribution in [0.2, 0.25) is 0 Å². The second-order valence-electron chi connectivity index (χ2n) is 3.98. The summed E-state index contributed by atoms with van der Waals surface area (Å²) in [6.45, 7) is 0.390. The van der Waals surface area contributed by atoms with Crippen molar-refractivity contribution < 1.29 is 14.6 Å². The average Bonchev–Trinajstić information content (AvgIpc) is 2.45. The Morgan fingerprint density at radius 2 is 1.55 bits per heavy atom. The molecule has 0 saturated heterocycles. The molecule has 0 heterocycles. The minimum atomic E-state index is -1.15. The normalized spacial score (nSPS) is 10.3. The molecule has 22 heavy (non-hydrogen) atoms. The molecule has 0 aromatic heterocycles. The van der Waals surface area contributed by atoms with Gasteiger partial charge in [-0.15, -0.1) is 23.2 Å². The first kappa shape index (κ1) is 18.4. The number of alkyl halides is 2. The molecule has 120 valence electrons. The summed E-state index contributed by atoms with van der Waals surface area (Å²) >= 11 is 16.5. The Morgan fingerprint density at radius 3 is 1.91 bits per heavy atom. The third-order valence-corrected chi connectivity index (χ3v) is 3.30. The minimum absolute atomic E-state index is 0.0420. The van der Waals surface area contributed by atoms with Crippen LogP contribution in [0.1, 0.15) is 10.4 Å². The predicted octanol–water partition coefficient (Wildman–Crippen LogP) is 3.17. The Morgan fingerprint density at radius 1 is 1.05 bits per heavy atom. The summed E-state index contributed by atoms with van der Waals surface area (Å²) in [5, 5.41) is 21.3. The van der Waals surface area contributed by atoms with Crippen molar-refractivity contribution >= 4 is 57.1 Å². The van der Waals surface area contributed by atoms with Gasteiger partial charge < -0.3 is 4.90 Å². The third-order valence-electron chi connectivity index (χ3n) is 2.76. The Balaban J connectivity index is 3.65. The highest BCUT2D eigenvalue weighted by Crippen LogP contribution is 2.40. The second-order valence-corrected chi connectivity index (χ2v) is 5.08. The molecule has 0 aliphatic rings. The number of hydrogen-bond acceptors (Lipinski definition) is 6. The molecule has 1 aromatic carbocycles. The first-order valence-corrected chi connectivity index (χ1v) is 7.32. The summed E-state index contributed by atoms with van der Waals surface area (Å²) < 4.78 is 0. The van der Waals surface area contributed by atoms with E-state index in [4.69, 9.17) is 34.8 Å². The van der Waals surface area contributed by atoms with Gasteiger partial charge in [-0.25, -0.2) is 0 Å². The number of hydrogen-bond donors (Lipinski definition) is 0. The molecule has 0 fully saturated rings. The van der Waals surface area contributed by atoms with E-state index in [2.05, 4.69) is 0 Å². The lowest BCUT2D eigenvalue weighted by atomic mass is 10.1. The summed E-state index contributed by atoms with van der Waals surface area (Å²) in [7, 11) is 0. The van der Waals surface area contributed by atoms with Gasteiger partial charge in [-0.05, 0) is 23.7 Å². The van der Waals surface area contributed by atoms with E-state index in [0.29, 0.717) is 0 Å². The van der Waals surface area contributed by atoms with Gasteiger partial charge in [0.05, 0.1) is 9.85 Å². The Labute approximate surface area is 139 Å². The highest BCUT2D eigenvalue weighted by molar-refractivity contribution is 6.68. The molecular weight excluding hydrogens is 360 g/mol. The second kappa shape index (κ2) is 8.11. The Bertz CT molecular complexity index is 605. The number of halogens is 3. The Hall–Kier alpha value is -1.64. The van der Waals surface area contributed by atoms with E-state index in [9.17, 15) is 25.0 Å². The van der Waals surface area contributed by atoms with Gasteiger partial charge in [0.25, 0.3) is 5.24 Å². The van der Waals surface area contributed by atoms with E-state index in [-0.39, 0.29) is 30.5 Å². The maximum Gasteiger partial charge on any atom is 0.369 e. The first-order valence-electron chi connectivity index (χ1n) is 5.87. The lowest BCUT2D eigenvalue weighted by Crippen LogP contribution is -2.28. The van der Waals surface area contributed by atoms with Gasteiger partial charge in [-0.3, -0.25) is 25.0 Å². The fourth-order valence-corrected chi connectivity index (χ4v) is 2.46. The lowest BCUT2D eigenvalue weighted by Gasteiger charge is -2.22. The standard InChI is InChI=1S/C11H10Cl3N3O5/c12-3-5-15(6-4-13)8-2-1-7(11(14)18)9(16(19)20)10(8)17(21)22/h1-2H,3-6H2. The fraction of sp³-hybridized carbons (Fsp3) is 0.364. The minimum Gasteiger partial charge on any atom is -0.363 e. The molecular formula is C11H10Cl3N3O5. The van der Waals surface area contributed by atoms with Crippen LogP contribution in [0.15, 0.2) is 12.1 Å². The number of rotatable bonds is 8. The summed E-state index contributed by atoms with van der Waals surface area (Å²) in [5.74, 6) is 0.274. The molecule has 0 aliphatic heterocycles. The van der Waals surface area contributed by atoms with E-state index < -0.39 is 32.0 Å². The maximum atomic E-state index is 11.3. The number of carbonyl (C=O) groups is 1. The number of nitro groups is 2. The number of carbonyl (C=O) groups excluding carboxylic acids is 1. The van der Waals surface area contributed by atoms with Crippen LogP contribution in [-0.4, -0.2) is 39.9 Å². The lowest BCUT2D eigenvalue weighted by molar-refractivity contribution is -0.422. The molecule has 0 unspecified atom stereocenters. The summed E-state index contributed by atoms with van der Waals surface area (Å²) in [6, 6.07) is 2.30. The highest BCUT2D eigenvalue weighted by atomic mass is 35.5. The van der Waals surface area contributed by atoms with Gasteiger partial charge in [-0.1, -0.05) is 0 Å². The molecule has 1 rings (SSSR count). The van der Waals surface area contributed by atoms with Crippen LogP contribution in [0.5, 0.6) is 0 Å². The Kier molecular flexibility index (Phi) is 6.79. The molecule has 11 heteroatoms. The van der Waals surface area contributed by atoms with Crippen molar-refractivity contribution in [3.05, 3.63) is 37.9 Å². The predicted molar refractivity (Wildman–Crippen MR) is 83.6 cm³/mol. The smallest absolute Gasteiger partial charge is 0.363 e. The van der Waals surface area contributed by atoms with E-state index in [1.807, 2.05) is 0 Å². The molecule has 0 N–H and O–H groups in total. The summed E-state index contributed by atoms with van der Waals surface area (Å²) in [6.07, 6.45) is 0. The summed E-state index contributed by atoms with van der Waals surface area (Å²) in [5.41, 5.74) is -2.35. The van der Waals surface area contributed by atoms with Crippen LogP contribution in [0.25, 0.3) is 0 Å². The molecule has 0 atom stereocenters. The van der Waals surface area contributed by atoms with Crippen molar-refractivity contribution in [2.24, 2.45) is 0 Å². The van der Waals surface area contributed by atoms with E-state index in [1.165, 1.54) is 11.0 Å². The fourth-order valence-electron chi connectivity index (χ4n) is 1.90. The molecule has 1 aromatic rings. The molecule has 0 bridgehead atoms. The maximum absolute atomic E-state index is 11.3. The van der Waals surface area contributed by atoms with Crippen molar-refractivity contribution in [3.8, 4) is 0 Å². The molecule has 0 amide bonds. The van der Waals surface area contributed by atoms with Gasteiger partial charge in [0.15, 0.2) is 0 Å². The van der Waals surface area contributed by atoms with Crippen LogP contribution in [0, 0.1) is 20.2 Å². The molecule has 0 saturated carbocycles. The number of nitrogens with zero attached hydrogens (tertiary/aromatic N) is 3. The molecule has 0 radical (unpaired) electrons. The van der Waals surface area contributed by atoms with Crippen molar-refractivity contribution in [2.45, 2.75) is 0 Å². The van der Waals surface area contributed by atoms with Crippen molar-refractivity contribution in [2.75, 3.05) is 29.7 Å². The SMILES string of the molecule is O=C(Cl)c1ccc(N(CCCl)CCCl)c([N+](=O)[O-])c1[N+](=O)[O-]. The van der Waals surface area contributed by atoms with E-state index in [1.54, 1.807) is 0 Å². The zero-order chi connectivity index (χ0) is 16.9. The van der Waals surface area contributed by atoms with E-state index >= 15 is 0 Å². The van der Waals surface area contributed by atoms with Crippen molar-refractivity contribution in [1.29, 1.82) is 0 Å². The van der Waals surface area contributed by atoms with Crippen molar-refractivity contribution in [1.82, 2.24) is 0 Å². The van der Waals surface area contributed by atoms with Gasteiger partial charge in [0.2, 0.25) is 0 Å². The largest absolute Gasteiger partial charge is 0.369 e. The van der Waals surface area contributed by atoms with Gasteiger partial charge in [0.1, 0.15) is 11.3 Å². The molecule has 8 nitrogen and oxygen atoms in total. The van der Waals surface area contributed by atoms with Crippen LogP contribution in [-0.2, 0) is 0 Å². The van der Waals surface area contributed by atoms with Crippen LogP contribution in [0.4, 0.5) is 17.1 Å². The van der Waals surface area contributed by atoms with Crippen LogP contribution < -0.4 is 4.90 Å². The monoisotopic (exact) mass is 369 g/mol. The van der Waals surface area contributed by atoms with Gasteiger partial charge in [-0.2, -0.15) is 0 Å². The first-order chi connectivity index (χ1) is 10.3. The van der Waals surface area contributed by atoms with Crippen LogP contribution >= 0.6 is 34.8 Å². The highest BCUT2D eigenvalue weighted by Gasteiger charge is 2.36. The van der Waals surface area contributed by atoms with Crippen LogP contribution in [0.3, 0.4) is 0 Å². The number of nitro benzene ring substituents is 2. The quantitative estimate of drug-likeness (QED) is 0.301. The zero-order valence-electron chi connectivity index (χ0n) is 11.0. The molecule has 0 aliphatic carbocycles. The van der Waals surface area contributed by atoms with Gasteiger partial charge >= 0.3 is 11.4 Å². The topological polar surface area (TPSA) is 107 Å². The van der Waals surface area contributed by atoms with Crippen molar-refractivity contribution in [3.63, 3.8) is 0 Å². The third kappa shape index (κ3) is 3.96. The number of benzene rings is 1. The number of anilines is 1. The van der Waals surface area contributed by atoms with Gasteiger partial charge in [0, 0.05) is 24.8 Å². The summed E-state index contributed by atoms with van der Waals surface area (Å²) in [4.78, 5) is 33.2.